The SMILES string of the molecule is Cc1ccc(-c2ccc(N3CCCN(C(=O)CN(C(=O)C4CC4)C4CC4)CC3)nn2)cc1. The van der Waals surface area contributed by atoms with Gasteiger partial charge >= 0.3 is 0 Å². The van der Waals surface area contributed by atoms with Crippen LogP contribution in [0.15, 0.2) is 36.4 Å². The Morgan fingerprint density at radius 2 is 1.72 bits per heavy atom. The second kappa shape index (κ2) is 8.88. The van der Waals surface area contributed by atoms with Crippen molar-refractivity contribution in [2.75, 3.05) is 37.6 Å². The van der Waals surface area contributed by atoms with Crippen LogP contribution >= 0.6 is 0 Å². The van der Waals surface area contributed by atoms with E-state index in [0.717, 1.165) is 68.8 Å². The molecule has 32 heavy (non-hydrogen) atoms. The van der Waals surface area contributed by atoms with Crippen LogP contribution < -0.4 is 4.90 Å². The molecule has 3 aliphatic rings. The number of carbonyl (C=O) groups excluding carboxylic acids is 2. The highest BCUT2D eigenvalue weighted by atomic mass is 16.2. The highest BCUT2D eigenvalue weighted by Gasteiger charge is 2.41. The third kappa shape index (κ3) is 4.76. The van der Waals surface area contributed by atoms with Crippen LogP contribution in [0.2, 0.25) is 0 Å². The van der Waals surface area contributed by atoms with E-state index in [9.17, 15) is 9.59 Å². The normalized spacial score (nSPS) is 18.9. The average molecular weight is 434 g/mol. The second-order valence-electron chi connectivity index (χ2n) is 9.34. The Labute approximate surface area is 189 Å². The Morgan fingerprint density at radius 1 is 0.938 bits per heavy atom. The number of carbonyl (C=O) groups is 2. The Bertz CT molecular complexity index is 967. The van der Waals surface area contributed by atoms with Gasteiger partial charge in [0.15, 0.2) is 5.82 Å². The summed E-state index contributed by atoms with van der Waals surface area (Å²) < 4.78 is 0. The summed E-state index contributed by atoms with van der Waals surface area (Å²) in [6.07, 6.45) is 4.93. The summed E-state index contributed by atoms with van der Waals surface area (Å²) >= 11 is 0. The van der Waals surface area contributed by atoms with Gasteiger partial charge in [-0.25, -0.2) is 0 Å². The molecular formula is C25H31N5O2. The molecule has 2 amide bonds. The van der Waals surface area contributed by atoms with Crippen molar-refractivity contribution >= 4 is 17.6 Å². The van der Waals surface area contributed by atoms with Crippen molar-refractivity contribution in [3.63, 3.8) is 0 Å². The van der Waals surface area contributed by atoms with Crippen LogP contribution in [0.4, 0.5) is 5.82 Å². The van der Waals surface area contributed by atoms with Gasteiger partial charge in [-0.2, -0.15) is 0 Å². The van der Waals surface area contributed by atoms with Gasteiger partial charge in [0.2, 0.25) is 11.8 Å². The molecule has 3 fully saturated rings. The number of anilines is 1. The van der Waals surface area contributed by atoms with Crippen LogP contribution in [0.3, 0.4) is 0 Å². The molecule has 0 bridgehead atoms. The summed E-state index contributed by atoms with van der Waals surface area (Å²) in [4.78, 5) is 31.6. The van der Waals surface area contributed by atoms with Crippen LogP contribution in [0.25, 0.3) is 11.3 Å². The minimum absolute atomic E-state index is 0.0774. The number of aromatic nitrogens is 2. The fraction of sp³-hybridized carbons (Fsp3) is 0.520. The van der Waals surface area contributed by atoms with E-state index in [-0.39, 0.29) is 30.3 Å². The van der Waals surface area contributed by atoms with E-state index in [4.69, 9.17) is 0 Å². The third-order valence-corrected chi connectivity index (χ3v) is 6.67. The second-order valence-corrected chi connectivity index (χ2v) is 9.34. The number of nitrogens with zero attached hydrogens (tertiary/aromatic N) is 5. The van der Waals surface area contributed by atoms with Crippen LogP contribution in [0.5, 0.6) is 0 Å². The predicted octanol–water partition coefficient (Wildman–Crippen LogP) is 2.89. The van der Waals surface area contributed by atoms with Crippen molar-refractivity contribution < 1.29 is 9.59 Å². The first kappa shape index (κ1) is 20.9. The molecule has 0 N–H and O–H groups in total. The van der Waals surface area contributed by atoms with E-state index in [0.29, 0.717) is 6.54 Å². The van der Waals surface area contributed by atoms with Crippen molar-refractivity contribution in [3.8, 4) is 11.3 Å². The molecule has 7 nitrogen and oxygen atoms in total. The van der Waals surface area contributed by atoms with Gasteiger partial charge in [-0.3, -0.25) is 9.59 Å². The molecular weight excluding hydrogens is 402 g/mol. The van der Waals surface area contributed by atoms with Crippen molar-refractivity contribution in [1.29, 1.82) is 0 Å². The van der Waals surface area contributed by atoms with Gasteiger partial charge in [-0.15, -0.1) is 10.2 Å². The molecule has 1 aromatic carbocycles. The lowest BCUT2D eigenvalue weighted by molar-refractivity contribution is -0.141. The molecule has 1 aliphatic heterocycles. The number of hydrogen-bond donors (Lipinski definition) is 0. The van der Waals surface area contributed by atoms with E-state index >= 15 is 0 Å². The highest BCUT2D eigenvalue weighted by molar-refractivity contribution is 5.87. The van der Waals surface area contributed by atoms with Gasteiger partial charge in [0, 0.05) is 43.7 Å². The fourth-order valence-electron chi connectivity index (χ4n) is 4.35. The molecule has 0 radical (unpaired) electrons. The summed E-state index contributed by atoms with van der Waals surface area (Å²) in [5, 5.41) is 8.89. The first-order valence-electron chi connectivity index (χ1n) is 11.8. The maximum atomic E-state index is 13.0. The summed E-state index contributed by atoms with van der Waals surface area (Å²) in [5.74, 6) is 1.29. The first-order chi connectivity index (χ1) is 15.6. The number of hydrogen-bond acceptors (Lipinski definition) is 5. The molecule has 1 saturated heterocycles. The lowest BCUT2D eigenvalue weighted by Crippen LogP contribution is -2.45. The van der Waals surface area contributed by atoms with Gasteiger partial charge < -0.3 is 14.7 Å². The Kier molecular flexibility index (Phi) is 5.81. The zero-order valence-electron chi connectivity index (χ0n) is 18.7. The van der Waals surface area contributed by atoms with Crippen molar-refractivity contribution in [1.82, 2.24) is 20.0 Å². The molecule has 2 aliphatic carbocycles. The van der Waals surface area contributed by atoms with E-state index in [1.54, 1.807) is 0 Å². The zero-order valence-corrected chi connectivity index (χ0v) is 18.7. The van der Waals surface area contributed by atoms with E-state index in [2.05, 4.69) is 46.3 Å². The van der Waals surface area contributed by atoms with Gasteiger partial charge in [-0.1, -0.05) is 29.8 Å². The van der Waals surface area contributed by atoms with Crippen LogP contribution in [0, 0.1) is 12.8 Å². The molecule has 2 heterocycles. The van der Waals surface area contributed by atoms with Crippen LogP contribution in [-0.2, 0) is 9.59 Å². The Hall–Kier alpha value is -2.96. The molecule has 0 spiro atoms. The molecule has 7 heteroatoms. The molecule has 0 atom stereocenters. The van der Waals surface area contributed by atoms with E-state index in [1.165, 1.54) is 5.56 Å². The Morgan fingerprint density at radius 3 is 2.38 bits per heavy atom. The maximum Gasteiger partial charge on any atom is 0.242 e. The summed E-state index contributed by atoms with van der Waals surface area (Å²) in [6.45, 7) is 5.25. The highest BCUT2D eigenvalue weighted by Crippen LogP contribution is 2.36. The molecule has 2 saturated carbocycles. The molecule has 1 aromatic heterocycles. The molecule has 5 rings (SSSR count). The smallest absolute Gasteiger partial charge is 0.242 e. The minimum atomic E-state index is 0.0774. The number of benzene rings is 1. The third-order valence-electron chi connectivity index (χ3n) is 6.67. The predicted molar refractivity (Wildman–Crippen MR) is 123 cm³/mol. The number of aryl methyl sites for hydroxylation is 1. The van der Waals surface area contributed by atoms with Gasteiger partial charge in [0.05, 0.1) is 5.69 Å². The van der Waals surface area contributed by atoms with Gasteiger partial charge in [0.1, 0.15) is 6.54 Å². The van der Waals surface area contributed by atoms with Crippen molar-refractivity contribution in [3.05, 3.63) is 42.0 Å². The Balaban J connectivity index is 1.19. The lowest BCUT2D eigenvalue weighted by Gasteiger charge is -2.27. The summed E-state index contributed by atoms with van der Waals surface area (Å²) in [6, 6.07) is 12.6. The van der Waals surface area contributed by atoms with Gasteiger partial charge in [-0.05, 0) is 51.2 Å². The van der Waals surface area contributed by atoms with Crippen LogP contribution in [0.1, 0.15) is 37.7 Å². The summed E-state index contributed by atoms with van der Waals surface area (Å²) in [5.41, 5.74) is 3.14. The van der Waals surface area contributed by atoms with E-state index < -0.39 is 0 Å². The number of rotatable bonds is 6. The van der Waals surface area contributed by atoms with E-state index in [1.807, 2.05) is 21.9 Å². The largest absolute Gasteiger partial charge is 0.353 e. The molecule has 0 unspecified atom stereocenters. The lowest BCUT2D eigenvalue weighted by atomic mass is 10.1. The molecule has 2 aromatic rings. The van der Waals surface area contributed by atoms with Crippen LogP contribution in [-0.4, -0.2) is 70.6 Å². The quantitative estimate of drug-likeness (QED) is 0.701. The maximum absolute atomic E-state index is 13.0. The average Bonchev–Trinajstić information content (AvgIpc) is 3.70. The van der Waals surface area contributed by atoms with Crippen molar-refractivity contribution in [2.24, 2.45) is 5.92 Å². The molecule has 168 valence electrons. The zero-order chi connectivity index (χ0) is 22.1. The minimum Gasteiger partial charge on any atom is -0.353 e. The standard InChI is InChI=1S/C25H31N5O2/c1-18-3-5-19(6-4-18)22-11-12-23(27-26-22)28-13-2-14-29(16-15-28)24(31)17-30(21-9-10-21)25(32)20-7-8-20/h3-6,11-12,20-21H,2,7-10,13-17H2,1H3. The van der Waals surface area contributed by atoms with Gasteiger partial charge in [0.25, 0.3) is 0 Å². The number of amides is 2. The van der Waals surface area contributed by atoms with Crippen molar-refractivity contribution in [2.45, 2.75) is 45.1 Å². The fourth-order valence-corrected chi connectivity index (χ4v) is 4.35. The topological polar surface area (TPSA) is 69.6 Å². The monoisotopic (exact) mass is 433 g/mol. The first-order valence-corrected chi connectivity index (χ1v) is 11.8. The summed E-state index contributed by atoms with van der Waals surface area (Å²) in [7, 11) is 0.